The van der Waals surface area contributed by atoms with E-state index in [-0.39, 0.29) is 24.3 Å². The number of hydrogen-bond donors (Lipinski definition) is 9. The molecule has 4 unspecified atom stereocenters. The highest BCUT2D eigenvalue weighted by Crippen LogP contribution is 2.12. The van der Waals surface area contributed by atoms with Crippen LogP contribution < -0.4 is 27.4 Å². The number of phenolic OH excluding ortho intramolecular Hbond substituents is 1. The van der Waals surface area contributed by atoms with Crippen molar-refractivity contribution in [1.29, 1.82) is 0 Å². The van der Waals surface area contributed by atoms with E-state index in [0.717, 1.165) is 0 Å². The van der Waals surface area contributed by atoms with E-state index in [4.69, 9.17) is 11.5 Å². The summed E-state index contributed by atoms with van der Waals surface area (Å²) in [7, 11) is 0. The number of carbonyl (C=O) groups is 5. The highest BCUT2D eigenvalue weighted by atomic mass is 32.1. The summed E-state index contributed by atoms with van der Waals surface area (Å²) in [5.74, 6) is -5.36. The smallest absolute Gasteiger partial charge is 0.326 e. The van der Waals surface area contributed by atoms with Crippen LogP contribution in [0.3, 0.4) is 0 Å². The number of carbonyl (C=O) groups excluding carboxylic acids is 3. The van der Waals surface area contributed by atoms with Crippen molar-refractivity contribution in [3.05, 3.63) is 29.8 Å². The minimum atomic E-state index is -1.62. The van der Waals surface area contributed by atoms with Gasteiger partial charge in [-0.15, -0.1) is 0 Å². The van der Waals surface area contributed by atoms with Gasteiger partial charge in [-0.05, 0) is 43.5 Å². The number of benzene rings is 1. The molecule has 1 rings (SSSR count). The van der Waals surface area contributed by atoms with E-state index in [0.29, 0.717) is 24.9 Å². The molecule has 0 aliphatic heterocycles. The van der Waals surface area contributed by atoms with E-state index in [9.17, 15) is 39.3 Å². The molecule has 3 amide bonds. The summed E-state index contributed by atoms with van der Waals surface area (Å²) in [6, 6.07) is 0.554. The molecule has 4 atom stereocenters. The summed E-state index contributed by atoms with van der Waals surface area (Å²) in [6.45, 7) is 0.336. The average Bonchev–Trinajstić information content (AvgIpc) is 2.82. The van der Waals surface area contributed by atoms with Crippen LogP contribution in [0.1, 0.15) is 31.2 Å². The molecule has 0 heterocycles. The lowest BCUT2D eigenvalue weighted by molar-refractivity contribution is -0.143. The van der Waals surface area contributed by atoms with Crippen molar-refractivity contribution in [2.75, 3.05) is 12.3 Å². The van der Waals surface area contributed by atoms with Gasteiger partial charge in [0.2, 0.25) is 17.7 Å². The number of aromatic hydroxyl groups is 1. The Balaban J connectivity index is 3.08. The number of carboxylic acid groups (broad SMARTS) is 2. The van der Waals surface area contributed by atoms with Gasteiger partial charge in [0.15, 0.2) is 0 Å². The molecule has 1 aromatic carbocycles. The molecule has 0 saturated carbocycles. The Morgan fingerprint density at radius 2 is 1.42 bits per heavy atom. The van der Waals surface area contributed by atoms with Crippen molar-refractivity contribution in [3.63, 3.8) is 0 Å². The van der Waals surface area contributed by atoms with Gasteiger partial charge < -0.3 is 42.7 Å². The maximum Gasteiger partial charge on any atom is 0.326 e. The number of hydrogen-bond acceptors (Lipinski definition) is 9. The van der Waals surface area contributed by atoms with E-state index in [1.54, 1.807) is 0 Å². The zero-order chi connectivity index (χ0) is 27.3. The quantitative estimate of drug-likeness (QED) is 0.0876. The normalized spacial score (nSPS) is 14.1. The fraction of sp³-hybridized carbons (Fsp3) is 0.500. The first-order chi connectivity index (χ1) is 17.0. The number of carboxylic acids is 2. The van der Waals surface area contributed by atoms with Crippen molar-refractivity contribution < 1.29 is 39.3 Å². The molecular weight excluding hydrogens is 494 g/mol. The van der Waals surface area contributed by atoms with Gasteiger partial charge in [-0.25, -0.2) is 4.79 Å². The van der Waals surface area contributed by atoms with E-state index < -0.39 is 60.2 Å². The summed E-state index contributed by atoms with van der Waals surface area (Å²) in [5.41, 5.74) is 11.6. The largest absolute Gasteiger partial charge is 0.508 e. The van der Waals surface area contributed by atoms with Gasteiger partial charge in [0, 0.05) is 12.2 Å². The first-order valence-electron chi connectivity index (χ1n) is 11.2. The summed E-state index contributed by atoms with van der Waals surface area (Å²) in [6.07, 6.45) is 0.100. The SMILES string of the molecule is NCCCCC(NC(=O)C(CC(=O)O)NC(=O)C(Cc1ccc(O)cc1)NC(=O)C(N)CS)C(=O)O. The minimum Gasteiger partial charge on any atom is -0.508 e. The Morgan fingerprint density at radius 3 is 1.94 bits per heavy atom. The zero-order valence-electron chi connectivity index (χ0n) is 19.6. The summed E-state index contributed by atoms with van der Waals surface area (Å²) < 4.78 is 0. The van der Waals surface area contributed by atoms with Crippen molar-refractivity contribution in [2.45, 2.75) is 56.3 Å². The van der Waals surface area contributed by atoms with Gasteiger partial charge in [0.1, 0.15) is 23.9 Å². The standard InChI is InChI=1S/C22H33N5O8S/c23-8-2-1-3-15(22(34)35)25-21(33)17(10-18(29)30)27-20(32)16(26-19(31)14(24)11-36)9-12-4-6-13(28)7-5-12/h4-7,14-17,28,36H,1-3,8-11,23-24H2,(H,25,33)(H,26,31)(H,27,32)(H,29,30)(H,34,35). The third-order valence-corrected chi connectivity index (χ3v) is 5.51. The summed E-state index contributed by atoms with van der Waals surface area (Å²) in [5, 5.41) is 35.1. The molecule has 1 aromatic rings. The maximum absolute atomic E-state index is 13.0. The highest BCUT2D eigenvalue weighted by Gasteiger charge is 2.31. The number of thiol groups is 1. The Morgan fingerprint density at radius 1 is 0.861 bits per heavy atom. The van der Waals surface area contributed by atoms with Crippen LogP contribution in [0.2, 0.25) is 0 Å². The topological polar surface area (TPSA) is 234 Å². The number of nitrogens with two attached hydrogens (primary N) is 2. The monoisotopic (exact) mass is 527 g/mol. The van der Waals surface area contributed by atoms with E-state index in [2.05, 4.69) is 28.6 Å². The third kappa shape index (κ3) is 10.9. The first-order valence-corrected chi connectivity index (χ1v) is 11.8. The molecule has 0 radical (unpaired) electrons. The molecule has 0 fully saturated rings. The molecule has 0 spiro atoms. The van der Waals surface area contributed by atoms with E-state index >= 15 is 0 Å². The van der Waals surface area contributed by atoms with Crippen LogP contribution in [0.4, 0.5) is 0 Å². The van der Waals surface area contributed by atoms with E-state index in [1.165, 1.54) is 24.3 Å². The molecule has 0 aliphatic carbocycles. The molecule has 14 heteroatoms. The number of rotatable bonds is 16. The molecule has 36 heavy (non-hydrogen) atoms. The second-order valence-corrected chi connectivity index (χ2v) is 8.43. The van der Waals surface area contributed by atoms with Gasteiger partial charge >= 0.3 is 11.9 Å². The minimum absolute atomic E-state index is 0.00976. The lowest BCUT2D eigenvalue weighted by atomic mass is 10.0. The van der Waals surface area contributed by atoms with Crippen molar-refractivity contribution in [3.8, 4) is 5.75 Å². The number of aliphatic carboxylic acids is 2. The van der Waals surface area contributed by atoms with Gasteiger partial charge in [-0.3, -0.25) is 19.2 Å². The fourth-order valence-electron chi connectivity index (χ4n) is 3.12. The molecule has 0 saturated heterocycles. The average molecular weight is 528 g/mol. The molecule has 0 bridgehead atoms. The Kier molecular flexibility index (Phi) is 13.3. The molecular formula is C22H33N5O8S. The predicted octanol–water partition coefficient (Wildman–Crippen LogP) is -1.67. The van der Waals surface area contributed by atoms with Crippen molar-refractivity contribution in [2.24, 2.45) is 11.5 Å². The number of nitrogens with one attached hydrogen (secondary N) is 3. The zero-order valence-corrected chi connectivity index (χ0v) is 20.4. The number of unbranched alkanes of at least 4 members (excludes halogenated alkanes) is 1. The van der Waals surface area contributed by atoms with E-state index in [1.807, 2.05) is 0 Å². The summed E-state index contributed by atoms with van der Waals surface area (Å²) in [4.78, 5) is 61.0. The van der Waals surface area contributed by atoms with Gasteiger partial charge in [-0.2, -0.15) is 12.6 Å². The highest BCUT2D eigenvalue weighted by molar-refractivity contribution is 7.80. The molecule has 0 aromatic heterocycles. The maximum atomic E-state index is 13.0. The second kappa shape index (κ2) is 15.6. The Bertz CT molecular complexity index is 914. The lowest BCUT2D eigenvalue weighted by Crippen LogP contribution is -2.58. The number of phenols is 1. The Labute approximate surface area is 213 Å². The number of amides is 3. The molecule has 200 valence electrons. The van der Waals surface area contributed by atoms with Crippen LogP contribution >= 0.6 is 12.6 Å². The van der Waals surface area contributed by atoms with Gasteiger partial charge in [-0.1, -0.05) is 12.1 Å². The molecule has 13 nitrogen and oxygen atoms in total. The van der Waals surface area contributed by atoms with Crippen LogP contribution in [-0.4, -0.2) is 81.4 Å². The first kappa shape index (κ1) is 30.7. The third-order valence-electron chi connectivity index (χ3n) is 5.12. The molecule has 10 N–H and O–H groups in total. The van der Waals surface area contributed by atoms with Gasteiger partial charge in [0.05, 0.1) is 12.5 Å². The summed E-state index contributed by atoms with van der Waals surface area (Å²) >= 11 is 3.95. The second-order valence-electron chi connectivity index (χ2n) is 8.06. The van der Waals surface area contributed by atoms with Crippen LogP contribution in [0, 0.1) is 0 Å². The predicted molar refractivity (Wildman–Crippen MR) is 132 cm³/mol. The van der Waals surface area contributed by atoms with Crippen LogP contribution in [0.15, 0.2) is 24.3 Å². The fourth-order valence-corrected chi connectivity index (χ4v) is 3.28. The Hall–Kier alpha value is -3.36. The van der Waals surface area contributed by atoms with Crippen LogP contribution in [0.5, 0.6) is 5.75 Å². The van der Waals surface area contributed by atoms with Crippen molar-refractivity contribution in [1.82, 2.24) is 16.0 Å². The molecule has 0 aliphatic rings. The van der Waals surface area contributed by atoms with Crippen LogP contribution in [0.25, 0.3) is 0 Å². The van der Waals surface area contributed by atoms with Gasteiger partial charge in [0.25, 0.3) is 0 Å². The van der Waals surface area contributed by atoms with Crippen LogP contribution in [-0.2, 0) is 30.4 Å². The van der Waals surface area contributed by atoms with Crippen molar-refractivity contribution >= 4 is 42.3 Å². The lowest BCUT2D eigenvalue weighted by Gasteiger charge is -2.24.